The van der Waals surface area contributed by atoms with Crippen molar-refractivity contribution in [2.75, 3.05) is 0 Å². The molecule has 0 spiro atoms. The van der Waals surface area contributed by atoms with Crippen LogP contribution in [0.1, 0.15) is 6.42 Å². The predicted molar refractivity (Wildman–Crippen MR) is 71.1 cm³/mol. The zero-order chi connectivity index (χ0) is 11.8. The van der Waals surface area contributed by atoms with Gasteiger partial charge in [0.2, 0.25) is 0 Å². The molecule has 0 aliphatic heterocycles. The maximum Gasteiger partial charge on any atom is 0.258 e. The zero-order valence-corrected chi connectivity index (χ0v) is 9.68. The van der Waals surface area contributed by atoms with Crippen LogP contribution in [0.25, 0.3) is 22.9 Å². The summed E-state index contributed by atoms with van der Waals surface area (Å²) in [5.74, 6) is 0. The third-order valence-electron chi connectivity index (χ3n) is 3.24. The summed E-state index contributed by atoms with van der Waals surface area (Å²) in [7, 11) is 1.83. The van der Waals surface area contributed by atoms with E-state index in [1.54, 1.807) is 4.57 Å². The van der Waals surface area contributed by atoms with E-state index in [4.69, 9.17) is 0 Å². The summed E-state index contributed by atoms with van der Waals surface area (Å²) in [6.07, 6.45) is 9.20. The molecule has 0 atom stereocenters. The van der Waals surface area contributed by atoms with Crippen molar-refractivity contribution in [2.24, 2.45) is 7.05 Å². The molecule has 2 heteroatoms. The first kappa shape index (κ1) is 10.1. The van der Waals surface area contributed by atoms with Gasteiger partial charge in [-0.1, -0.05) is 36.4 Å². The summed E-state index contributed by atoms with van der Waals surface area (Å²) in [4.78, 5) is 12.2. The van der Waals surface area contributed by atoms with Gasteiger partial charge in [0, 0.05) is 17.7 Å². The Morgan fingerprint density at radius 2 is 1.94 bits per heavy atom. The summed E-state index contributed by atoms with van der Waals surface area (Å²) in [5, 5.41) is 3.99. The van der Waals surface area contributed by atoms with Crippen LogP contribution in [0.4, 0.5) is 0 Å². The fourth-order valence-corrected chi connectivity index (χ4v) is 2.35. The molecule has 1 aliphatic carbocycles. The topological polar surface area (TPSA) is 22.0 Å². The summed E-state index contributed by atoms with van der Waals surface area (Å²) in [5.41, 5.74) is 0.0688. The largest absolute Gasteiger partial charge is 0.311 e. The van der Waals surface area contributed by atoms with Gasteiger partial charge in [0.05, 0.1) is 5.35 Å². The Labute approximate surface area is 98.8 Å². The Bertz CT molecular complexity index is 794. The second kappa shape index (κ2) is 3.74. The quantitative estimate of drug-likeness (QED) is 0.654. The van der Waals surface area contributed by atoms with Gasteiger partial charge >= 0.3 is 0 Å². The van der Waals surface area contributed by atoms with Crippen LogP contribution in [0.2, 0.25) is 0 Å². The van der Waals surface area contributed by atoms with Gasteiger partial charge in [-0.2, -0.15) is 0 Å². The SMILES string of the molecule is Cn1c2c(c3ccccc3c1=O)=CCC=CC=2. The summed E-state index contributed by atoms with van der Waals surface area (Å²) < 4.78 is 1.73. The highest BCUT2D eigenvalue weighted by molar-refractivity contribution is 5.83. The number of benzene rings is 1. The molecule has 0 bridgehead atoms. The number of aromatic nitrogens is 1. The maximum atomic E-state index is 12.2. The van der Waals surface area contributed by atoms with E-state index in [1.165, 1.54) is 0 Å². The highest BCUT2D eigenvalue weighted by Crippen LogP contribution is 2.03. The molecule has 2 nitrogen and oxygen atoms in total. The molecule has 3 rings (SSSR count). The molecular formula is C15H13NO. The van der Waals surface area contributed by atoms with Crippen LogP contribution in [0.15, 0.2) is 41.2 Å². The van der Waals surface area contributed by atoms with Crippen LogP contribution >= 0.6 is 0 Å². The molecular weight excluding hydrogens is 210 g/mol. The van der Waals surface area contributed by atoms with E-state index in [0.29, 0.717) is 0 Å². The zero-order valence-electron chi connectivity index (χ0n) is 9.68. The number of fused-ring (bicyclic) bond motifs is 3. The number of hydrogen-bond donors (Lipinski definition) is 0. The van der Waals surface area contributed by atoms with Gasteiger partial charge in [0.25, 0.3) is 5.56 Å². The molecule has 1 aromatic heterocycles. The standard InChI is InChI=1S/C15H13NO/c1-16-14-10-4-2-3-8-12(14)11-7-5-6-9-13(11)15(16)17/h2,4-10H,3H2,1H3. The lowest BCUT2D eigenvalue weighted by Gasteiger charge is -2.04. The van der Waals surface area contributed by atoms with Gasteiger partial charge in [-0.3, -0.25) is 4.79 Å². The molecule has 1 aliphatic rings. The summed E-state index contributed by atoms with van der Waals surface area (Å²) in [6, 6.07) is 7.80. The van der Waals surface area contributed by atoms with Crippen LogP contribution in [0.5, 0.6) is 0 Å². The van der Waals surface area contributed by atoms with Crippen molar-refractivity contribution in [3.63, 3.8) is 0 Å². The van der Waals surface area contributed by atoms with Gasteiger partial charge < -0.3 is 4.57 Å². The molecule has 0 saturated heterocycles. The van der Waals surface area contributed by atoms with Crippen molar-refractivity contribution in [3.05, 3.63) is 57.3 Å². The molecule has 2 aromatic rings. The van der Waals surface area contributed by atoms with Crippen LogP contribution < -0.4 is 16.1 Å². The number of allylic oxidation sites excluding steroid dienone is 2. The fourth-order valence-electron chi connectivity index (χ4n) is 2.35. The number of nitrogens with zero attached hydrogens (tertiary/aromatic N) is 1. The third kappa shape index (κ3) is 1.45. The van der Waals surface area contributed by atoms with Crippen molar-refractivity contribution in [3.8, 4) is 0 Å². The van der Waals surface area contributed by atoms with Gasteiger partial charge in [0.15, 0.2) is 0 Å². The Hall–Kier alpha value is -2.09. The Morgan fingerprint density at radius 1 is 1.18 bits per heavy atom. The average Bonchev–Trinajstić information content (AvgIpc) is 2.62. The average molecular weight is 223 g/mol. The van der Waals surface area contributed by atoms with Crippen molar-refractivity contribution in [2.45, 2.75) is 6.42 Å². The van der Waals surface area contributed by atoms with Crippen molar-refractivity contribution < 1.29 is 0 Å². The Kier molecular flexibility index (Phi) is 2.22. The molecule has 0 radical (unpaired) electrons. The van der Waals surface area contributed by atoms with Crippen molar-refractivity contribution in [1.29, 1.82) is 0 Å². The van der Waals surface area contributed by atoms with Crippen LogP contribution in [0, 0.1) is 0 Å². The fraction of sp³-hybridized carbons (Fsp3) is 0.133. The lowest BCUT2D eigenvalue weighted by Crippen LogP contribution is -2.41. The minimum Gasteiger partial charge on any atom is -0.311 e. The molecule has 0 amide bonds. The van der Waals surface area contributed by atoms with Gasteiger partial charge in [-0.25, -0.2) is 0 Å². The number of hydrogen-bond acceptors (Lipinski definition) is 1. The minimum absolute atomic E-state index is 0.0688. The second-order valence-corrected chi connectivity index (χ2v) is 4.24. The van der Waals surface area contributed by atoms with E-state index in [2.05, 4.69) is 12.2 Å². The molecule has 0 saturated carbocycles. The lowest BCUT2D eigenvalue weighted by molar-refractivity contribution is 0.831. The molecule has 1 heterocycles. The normalized spacial score (nSPS) is 13.7. The molecule has 0 N–H and O–H groups in total. The van der Waals surface area contributed by atoms with E-state index < -0.39 is 0 Å². The first-order chi connectivity index (χ1) is 8.29. The smallest absolute Gasteiger partial charge is 0.258 e. The van der Waals surface area contributed by atoms with Gasteiger partial charge in [0.1, 0.15) is 0 Å². The highest BCUT2D eigenvalue weighted by atomic mass is 16.1. The van der Waals surface area contributed by atoms with E-state index in [-0.39, 0.29) is 5.56 Å². The molecule has 17 heavy (non-hydrogen) atoms. The lowest BCUT2D eigenvalue weighted by atomic mass is 10.1. The molecule has 0 fully saturated rings. The summed E-state index contributed by atoms with van der Waals surface area (Å²) >= 11 is 0. The van der Waals surface area contributed by atoms with E-state index in [0.717, 1.165) is 27.8 Å². The molecule has 1 aromatic carbocycles. The highest BCUT2D eigenvalue weighted by Gasteiger charge is 2.04. The van der Waals surface area contributed by atoms with Crippen LogP contribution in [-0.4, -0.2) is 4.57 Å². The van der Waals surface area contributed by atoms with Crippen molar-refractivity contribution in [1.82, 2.24) is 4.57 Å². The monoisotopic (exact) mass is 223 g/mol. The Balaban J connectivity index is 2.71. The second-order valence-electron chi connectivity index (χ2n) is 4.24. The van der Waals surface area contributed by atoms with Gasteiger partial charge in [-0.05, 0) is 23.9 Å². The summed E-state index contributed by atoms with van der Waals surface area (Å²) in [6.45, 7) is 0. The number of pyridine rings is 1. The van der Waals surface area contributed by atoms with Gasteiger partial charge in [-0.15, -0.1) is 0 Å². The maximum absolute atomic E-state index is 12.2. The Morgan fingerprint density at radius 3 is 2.76 bits per heavy atom. The molecule has 84 valence electrons. The first-order valence-corrected chi connectivity index (χ1v) is 5.74. The van der Waals surface area contributed by atoms with Crippen LogP contribution in [0.3, 0.4) is 0 Å². The van der Waals surface area contributed by atoms with E-state index in [1.807, 2.05) is 43.5 Å². The minimum atomic E-state index is 0.0688. The van der Waals surface area contributed by atoms with E-state index >= 15 is 0 Å². The van der Waals surface area contributed by atoms with Crippen LogP contribution in [-0.2, 0) is 7.05 Å². The molecule has 0 unspecified atom stereocenters. The van der Waals surface area contributed by atoms with E-state index in [9.17, 15) is 4.79 Å². The third-order valence-corrected chi connectivity index (χ3v) is 3.24. The number of rotatable bonds is 0. The predicted octanol–water partition coefficient (Wildman–Crippen LogP) is 1.06. The first-order valence-electron chi connectivity index (χ1n) is 5.74. The van der Waals surface area contributed by atoms with Crippen molar-refractivity contribution >= 4 is 22.9 Å².